The van der Waals surface area contributed by atoms with Gasteiger partial charge in [-0.1, -0.05) is 17.7 Å². The van der Waals surface area contributed by atoms with E-state index in [1.807, 2.05) is 18.2 Å². The number of hydrogen-bond donors (Lipinski definition) is 2. The van der Waals surface area contributed by atoms with Crippen LogP contribution in [0.15, 0.2) is 18.2 Å². The molecule has 1 unspecified atom stereocenters. The highest BCUT2D eigenvalue weighted by molar-refractivity contribution is 6.34. The molecule has 1 aliphatic rings. The number of nitrogens with two attached hydrogens (primary N) is 1. The molecule has 0 aliphatic carbocycles. The fourth-order valence-electron chi connectivity index (χ4n) is 2.55. The smallest absolute Gasteiger partial charge is 0.0789 e. The topological polar surface area (TPSA) is 49.5 Å². The van der Waals surface area contributed by atoms with Gasteiger partial charge in [-0.2, -0.15) is 0 Å². The molecule has 3 nitrogen and oxygen atoms in total. The standard InChI is InChI=1S/C13H19ClN2O/c14-11-4-1-5-12(15)13(11)16-7-2-3-10(9-16)6-8-17/h1,4-5,10,17H,2-3,6-9,15H2. The monoisotopic (exact) mass is 254 g/mol. The maximum Gasteiger partial charge on any atom is 0.0789 e. The number of hydrogen-bond acceptors (Lipinski definition) is 3. The highest BCUT2D eigenvalue weighted by Gasteiger charge is 2.22. The van der Waals surface area contributed by atoms with Crippen molar-refractivity contribution in [3.05, 3.63) is 23.2 Å². The molecular weight excluding hydrogens is 236 g/mol. The Kier molecular flexibility index (Phi) is 4.13. The lowest BCUT2D eigenvalue weighted by Gasteiger charge is -2.35. The van der Waals surface area contributed by atoms with Crippen molar-refractivity contribution in [1.82, 2.24) is 0 Å². The lowest BCUT2D eigenvalue weighted by atomic mass is 9.94. The Hall–Kier alpha value is -0.930. The van der Waals surface area contributed by atoms with Crippen molar-refractivity contribution in [3.63, 3.8) is 0 Å². The fraction of sp³-hybridized carbons (Fsp3) is 0.538. The van der Waals surface area contributed by atoms with Crippen molar-refractivity contribution in [2.24, 2.45) is 5.92 Å². The van der Waals surface area contributed by atoms with Gasteiger partial charge in [0.05, 0.1) is 16.4 Å². The van der Waals surface area contributed by atoms with E-state index in [0.29, 0.717) is 5.92 Å². The number of aliphatic hydroxyl groups excluding tert-OH is 1. The Morgan fingerprint density at radius 3 is 3.00 bits per heavy atom. The Bertz CT molecular complexity index is 361. The Labute approximate surface area is 107 Å². The third kappa shape index (κ3) is 2.85. The first-order chi connectivity index (χ1) is 8.22. The lowest BCUT2D eigenvalue weighted by Crippen LogP contribution is -2.36. The molecule has 1 heterocycles. The van der Waals surface area contributed by atoms with E-state index in [4.69, 9.17) is 22.4 Å². The largest absolute Gasteiger partial charge is 0.397 e. The summed E-state index contributed by atoms with van der Waals surface area (Å²) in [5, 5.41) is 9.73. The van der Waals surface area contributed by atoms with Crippen LogP contribution in [0.1, 0.15) is 19.3 Å². The number of nitrogen functional groups attached to an aromatic ring is 1. The second-order valence-electron chi connectivity index (χ2n) is 4.64. The number of benzene rings is 1. The van der Waals surface area contributed by atoms with Gasteiger partial charge in [0.15, 0.2) is 0 Å². The van der Waals surface area contributed by atoms with Gasteiger partial charge in [-0.15, -0.1) is 0 Å². The first kappa shape index (κ1) is 12.5. The summed E-state index contributed by atoms with van der Waals surface area (Å²) in [5.74, 6) is 0.546. The second-order valence-corrected chi connectivity index (χ2v) is 5.05. The van der Waals surface area contributed by atoms with Gasteiger partial charge in [0.25, 0.3) is 0 Å². The number of halogens is 1. The minimum Gasteiger partial charge on any atom is -0.397 e. The number of nitrogens with zero attached hydrogens (tertiary/aromatic N) is 1. The molecule has 1 aliphatic heterocycles. The van der Waals surface area contributed by atoms with Crippen LogP contribution in [0.25, 0.3) is 0 Å². The van der Waals surface area contributed by atoms with E-state index in [1.165, 1.54) is 6.42 Å². The zero-order valence-electron chi connectivity index (χ0n) is 9.90. The molecule has 94 valence electrons. The predicted molar refractivity (Wildman–Crippen MR) is 72.5 cm³/mol. The average Bonchev–Trinajstić information content (AvgIpc) is 2.30. The van der Waals surface area contributed by atoms with Gasteiger partial charge in [0, 0.05) is 19.7 Å². The summed E-state index contributed by atoms with van der Waals surface area (Å²) >= 11 is 6.22. The van der Waals surface area contributed by atoms with Crippen molar-refractivity contribution in [1.29, 1.82) is 0 Å². The van der Waals surface area contributed by atoms with E-state index >= 15 is 0 Å². The zero-order chi connectivity index (χ0) is 12.3. The molecule has 1 fully saturated rings. The molecule has 1 aromatic carbocycles. The molecular formula is C13H19ClN2O. The molecule has 4 heteroatoms. The molecule has 1 atom stereocenters. The van der Waals surface area contributed by atoms with Crippen LogP contribution in [0.3, 0.4) is 0 Å². The second kappa shape index (κ2) is 5.61. The summed E-state index contributed by atoms with van der Waals surface area (Å²) in [6, 6.07) is 5.64. The van der Waals surface area contributed by atoms with Crippen LogP contribution >= 0.6 is 11.6 Å². The molecule has 1 saturated heterocycles. The van der Waals surface area contributed by atoms with Crippen LogP contribution in [-0.2, 0) is 0 Å². The molecule has 0 bridgehead atoms. The van der Waals surface area contributed by atoms with Crippen LogP contribution in [-0.4, -0.2) is 24.8 Å². The maximum absolute atomic E-state index is 9.02. The van der Waals surface area contributed by atoms with Crippen LogP contribution in [0.4, 0.5) is 11.4 Å². The number of anilines is 2. The van der Waals surface area contributed by atoms with Gasteiger partial charge in [-0.3, -0.25) is 0 Å². The van der Waals surface area contributed by atoms with Gasteiger partial charge >= 0.3 is 0 Å². The minimum absolute atomic E-state index is 0.260. The van der Waals surface area contributed by atoms with E-state index in [0.717, 1.165) is 42.3 Å². The summed E-state index contributed by atoms with van der Waals surface area (Å²) in [5.41, 5.74) is 7.69. The first-order valence-electron chi connectivity index (χ1n) is 6.12. The van der Waals surface area contributed by atoms with Crippen LogP contribution in [0, 0.1) is 5.92 Å². The summed E-state index contributed by atoms with van der Waals surface area (Å²) in [4.78, 5) is 2.25. The molecule has 0 radical (unpaired) electrons. The summed E-state index contributed by atoms with van der Waals surface area (Å²) in [7, 11) is 0. The Balaban J connectivity index is 2.16. The van der Waals surface area contributed by atoms with E-state index in [1.54, 1.807) is 0 Å². The highest BCUT2D eigenvalue weighted by atomic mass is 35.5. The van der Waals surface area contributed by atoms with E-state index in [2.05, 4.69) is 4.90 Å². The van der Waals surface area contributed by atoms with Gasteiger partial charge in [-0.25, -0.2) is 0 Å². The van der Waals surface area contributed by atoms with Crippen LogP contribution in [0.2, 0.25) is 5.02 Å². The molecule has 3 N–H and O–H groups in total. The molecule has 1 aromatic rings. The number of piperidine rings is 1. The number of aliphatic hydroxyl groups is 1. The number of para-hydroxylation sites is 1. The molecule has 17 heavy (non-hydrogen) atoms. The van der Waals surface area contributed by atoms with E-state index in [-0.39, 0.29) is 6.61 Å². The molecule has 0 aromatic heterocycles. The SMILES string of the molecule is Nc1cccc(Cl)c1N1CCCC(CCO)C1. The van der Waals surface area contributed by atoms with Crippen LogP contribution < -0.4 is 10.6 Å². The van der Waals surface area contributed by atoms with Gasteiger partial charge in [0.1, 0.15) is 0 Å². The quantitative estimate of drug-likeness (QED) is 0.815. The van der Waals surface area contributed by atoms with Crippen LogP contribution in [0.5, 0.6) is 0 Å². The average molecular weight is 255 g/mol. The van der Waals surface area contributed by atoms with E-state index < -0.39 is 0 Å². The lowest BCUT2D eigenvalue weighted by molar-refractivity contribution is 0.244. The molecule has 0 spiro atoms. The number of rotatable bonds is 3. The van der Waals surface area contributed by atoms with Gasteiger partial charge < -0.3 is 15.7 Å². The summed E-state index contributed by atoms with van der Waals surface area (Å²) in [6.07, 6.45) is 3.18. The van der Waals surface area contributed by atoms with Crippen molar-refractivity contribution in [2.45, 2.75) is 19.3 Å². The molecule has 2 rings (SSSR count). The maximum atomic E-state index is 9.02. The molecule has 0 amide bonds. The predicted octanol–water partition coefficient (Wildman–Crippen LogP) is 2.52. The third-order valence-electron chi connectivity index (χ3n) is 3.39. The normalized spacial score (nSPS) is 20.6. The van der Waals surface area contributed by atoms with Gasteiger partial charge in [-0.05, 0) is 37.3 Å². The third-order valence-corrected chi connectivity index (χ3v) is 3.70. The summed E-state index contributed by atoms with van der Waals surface area (Å²) < 4.78 is 0. The minimum atomic E-state index is 0.260. The van der Waals surface area contributed by atoms with E-state index in [9.17, 15) is 0 Å². The molecule has 0 saturated carbocycles. The Morgan fingerprint density at radius 2 is 2.29 bits per heavy atom. The fourth-order valence-corrected chi connectivity index (χ4v) is 2.85. The van der Waals surface area contributed by atoms with Crippen molar-refractivity contribution in [3.8, 4) is 0 Å². The van der Waals surface area contributed by atoms with Crippen molar-refractivity contribution in [2.75, 3.05) is 30.3 Å². The zero-order valence-corrected chi connectivity index (χ0v) is 10.7. The van der Waals surface area contributed by atoms with Crippen molar-refractivity contribution < 1.29 is 5.11 Å². The highest BCUT2D eigenvalue weighted by Crippen LogP contribution is 2.35. The summed E-state index contributed by atoms with van der Waals surface area (Å²) in [6.45, 7) is 2.20. The first-order valence-corrected chi connectivity index (χ1v) is 6.50. The van der Waals surface area contributed by atoms with Crippen molar-refractivity contribution >= 4 is 23.0 Å². The van der Waals surface area contributed by atoms with Gasteiger partial charge in [0.2, 0.25) is 0 Å². The Morgan fingerprint density at radius 1 is 1.47 bits per heavy atom.